The van der Waals surface area contributed by atoms with Gasteiger partial charge in [0.25, 0.3) is 7.82 Å². The van der Waals surface area contributed by atoms with E-state index in [4.69, 9.17) is 13.8 Å². The molecule has 9 nitrogen and oxygen atoms in total. The minimum absolute atomic E-state index is 0.0378. The summed E-state index contributed by atoms with van der Waals surface area (Å²) in [5, 5.41) is 2.98. The molecule has 0 aromatic rings. The van der Waals surface area contributed by atoms with Crippen LogP contribution in [0.5, 0.6) is 0 Å². The second-order valence-corrected chi connectivity index (χ2v) is 21.5. The lowest BCUT2D eigenvalue weighted by atomic mass is 10.1. The van der Waals surface area contributed by atoms with Crippen LogP contribution in [0.15, 0.2) is 85.1 Å². The zero-order valence-corrected chi connectivity index (χ0v) is 46.8. The van der Waals surface area contributed by atoms with Crippen LogP contribution in [0, 0.1) is 0 Å². The van der Waals surface area contributed by atoms with Gasteiger partial charge in [-0.2, -0.15) is 0 Å². The minimum Gasteiger partial charge on any atom is -0.756 e. The standard InChI is InChI=1S/C60H107N2O7P/c1-7-10-13-16-19-22-25-28-30-31-33-34-37-40-43-46-49-52-59(63)61-57(56-68-70(65,66)67-55-54-62(4,5)6)58(51-48-45-42-39-36-27-24-21-18-15-12-9-3)69-60(64)53-50-47-44-41-38-35-32-29-26-23-20-17-14-11-8-2/h19-20,22-23,26,28-30,33-34,40,43,48,51,57-58H,7-18,21,24-25,27,31-32,35-39,41-42,44-47,49-50,52-56H2,1-6H3,(H-,61,63,65,66)/b22-19-,23-20+,29-26+,30-28-,34-33-,43-40-,51-48+. The topological polar surface area (TPSA) is 114 Å². The number of amides is 1. The molecule has 3 atom stereocenters. The Morgan fingerprint density at radius 3 is 1.44 bits per heavy atom. The molecule has 404 valence electrons. The predicted octanol–water partition coefficient (Wildman–Crippen LogP) is 16.4. The fourth-order valence-electron chi connectivity index (χ4n) is 7.62. The van der Waals surface area contributed by atoms with Crippen molar-refractivity contribution in [2.75, 3.05) is 40.9 Å². The molecule has 3 unspecified atom stereocenters. The van der Waals surface area contributed by atoms with Crippen LogP contribution < -0.4 is 10.2 Å². The Hall–Kier alpha value is -2.81. The lowest BCUT2D eigenvalue weighted by molar-refractivity contribution is -0.870. The molecule has 0 saturated heterocycles. The van der Waals surface area contributed by atoms with Crippen LogP contribution in [0.25, 0.3) is 0 Å². The van der Waals surface area contributed by atoms with E-state index in [9.17, 15) is 19.0 Å². The molecule has 70 heavy (non-hydrogen) atoms. The number of phosphoric acid groups is 1. The number of quaternary nitrogens is 1. The highest BCUT2D eigenvalue weighted by Gasteiger charge is 2.27. The quantitative estimate of drug-likeness (QED) is 0.0161. The molecule has 0 radical (unpaired) electrons. The lowest BCUT2D eigenvalue weighted by Gasteiger charge is -2.30. The normalized spacial score (nSPS) is 14.4. The molecule has 0 heterocycles. The summed E-state index contributed by atoms with van der Waals surface area (Å²) in [7, 11) is 1.13. The molecule has 0 rings (SSSR count). The highest BCUT2D eigenvalue weighted by molar-refractivity contribution is 7.45. The summed E-state index contributed by atoms with van der Waals surface area (Å²) in [6.45, 7) is 6.71. The van der Waals surface area contributed by atoms with Gasteiger partial charge in [-0.25, -0.2) is 0 Å². The van der Waals surface area contributed by atoms with Crippen LogP contribution in [0.1, 0.15) is 233 Å². The fraction of sp³-hybridized carbons (Fsp3) is 0.733. The summed E-state index contributed by atoms with van der Waals surface area (Å²) in [6.07, 6.45) is 64.1. The first-order valence-electron chi connectivity index (χ1n) is 28.4. The molecular formula is C60H107N2O7P. The summed E-state index contributed by atoms with van der Waals surface area (Å²) in [5.74, 6) is -0.625. The van der Waals surface area contributed by atoms with E-state index in [1.165, 1.54) is 96.3 Å². The number of carbonyl (C=O) groups excluding carboxylic acids is 2. The maximum atomic E-state index is 13.5. The van der Waals surface area contributed by atoms with Gasteiger partial charge in [0, 0.05) is 12.8 Å². The van der Waals surface area contributed by atoms with Crippen molar-refractivity contribution in [1.29, 1.82) is 0 Å². The maximum absolute atomic E-state index is 13.5. The smallest absolute Gasteiger partial charge is 0.306 e. The van der Waals surface area contributed by atoms with Gasteiger partial charge in [0.05, 0.1) is 33.8 Å². The zero-order valence-electron chi connectivity index (χ0n) is 45.9. The highest BCUT2D eigenvalue weighted by atomic mass is 31.2. The van der Waals surface area contributed by atoms with Gasteiger partial charge in [-0.3, -0.25) is 14.2 Å². The van der Waals surface area contributed by atoms with E-state index in [0.717, 1.165) is 89.9 Å². The highest BCUT2D eigenvalue weighted by Crippen LogP contribution is 2.38. The van der Waals surface area contributed by atoms with Crippen molar-refractivity contribution in [3.05, 3.63) is 85.1 Å². The molecule has 0 aromatic carbocycles. The molecule has 0 saturated carbocycles. The molecule has 10 heteroatoms. The molecule has 0 aliphatic heterocycles. The first-order chi connectivity index (χ1) is 33.9. The number of nitrogens with zero attached hydrogens (tertiary/aromatic N) is 1. The molecule has 0 bridgehead atoms. The number of carbonyl (C=O) groups is 2. The van der Waals surface area contributed by atoms with Gasteiger partial charge in [0.1, 0.15) is 19.3 Å². The first kappa shape index (κ1) is 67.2. The Balaban J connectivity index is 5.48. The number of esters is 1. The first-order valence-corrected chi connectivity index (χ1v) is 29.9. The van der Waals surface area contributed by atoms with Gasteiger partial charge < -0.3 is 28.5 Å². The van der Waals surface area contributed by atoms with E-state index in [1.807, 2.05) is 33.3 Å². The van der Waals surface area contributed by atoms with Gasteiger partial charge in [-0.15, -0.1) is 0 Å². The average Bonchev–Trinajstić information content (AvgIpc) is 3.32. The van der Waals surface area contributed by atoms with Gasteiger partial charge in [0.15, 0.2) is 0 Å². The van der Waals surface area contributed by atoms with E-state index in [2.05, 4.69) is 99.0 Å². The SMILES string of the molecule is CCCCC/C=C\C/C=C\C/C=C\C/C=C\CCCC(=O)NC(COP(=O)([O-])OCC[N+](C)(C)C)C(/C=C/CCCCCCCCCCCC)OC(=O)CCCCCCCC/C=C/C=C/CCCCC. The Labute approximate surface area is 431 Å². The summed E-state index contributed by atoms with van der Waals surface area (Å²) in [6, 6.07) is -0.924. The van der Waals surface area contributed by atoms with Crippen molar-refractivity contribution in [1.82, 2.24) is 5.32 Å². The van der Waals surface area contributed by atoms with Crippen LogP contribution in [0.3, 0.4) is 0 Å². The van der Waals surface area contributed by atoms with Crippen molar-refractivity contribution in [3.63, 3.8) is 0 Å². The van der Waals surface area contributed by atoms with E-state index in [1.54, 1.807) is 0 Å². The molecule has 1 amide bonds. The summed E-state index contributed by atoms with van der Waals surface area (Å²) in [4.78, 5) is 39.8. The molecule has 1 N–H and O–H groups in total. The van der Waals surface area contributed by atoms with Crippen molar-refractivity contribution in [2.24, 2.45) is 0 Å². The summed E-state index contributed by atoms with van der Waals surface area (Å²) in [5.41, 5.74) is 0. The van der Waals surface area contributed by atoms with Gasteiger partial charge in [-0.1, -0.05) is 209 Å². The van der Waals surface area contributed by atoms with E-state index < -0.39 is 26.6 Å². The van der Waals surface area contributed by atoms with Crippen molar-refractivity contribution < 1.29 is 37.3 Å². The van der Waals surface area contributed by atoms with Gasteiger partial charge in [0.2, 0.25) is 5.91 Å². The molecule has 0 aromatic heterocycles. The molecule has 0 aliphatic carbocycles. The van der Waals surface area contributed by atoms with Crippen LogP contribution in [0.4, 0.5) is 0 Å². The van der Waals surface area contributed by atoms with Gasteiger partial charge in [-0.05, 0) is 96.0 Å². The van der Waals surface area contributed by atoms with Crippen molar-refractivity contribution in [2.45, 2.75) is 245 Å². The van der Waals surface area contributed by atoms with E-state index in [0.29, 0.717) is 23.9 Å². The number of unbranched alkanes of at least 4 members (excludes halogenated alkanes) is 23. The molecule has 0 aliphatic rings. The third kappa shape index (κ3) is 50.1. The number of hydrogen-bond donors (Lipinski definition) is 1. The monoisotopic (exact) mass is 999 g/mol. The second kappa shape index (κ2) is 49.8. The molecule has 0 spiro atoms. The number of phosphoric ester groups is 1. The maximum Gasteiger partial charge on any atom is 0.306 e. The number of nitrogens with one attached hydrogen (secondary N) is 1. The van der Waals surface area contributed by atoms with E-state index >= 15 is 0 Å². The average molecular weight is 999 g/mol. The Morgan fingerprint density at radius 2 is 0.929 bits per heavy atom. The number of likely N-dealkylation sites (N-methyl/N-ethyl adjacent to an activating group) is 1. The fourth-order valence-corrected chi connectivity index (χ4v) is 8.34. The molecule has 0 fully saturated rings. The molecular weight excluding hydrogens is 892 g/mol. The number of ether oxygens (including phenoxy) is 1. The number of rotatable bonds is 50. The van der Waals surface area contributed by atoms with Crippen molar-refractivity contribution in [3.8, 4) is 0 Å². The Bertz CT molecular complexity index is 1480. The van der Waals surface area contributed by atoms with E-state index in [-0.39, 0.29) is 31.3 Å². The van der Waals surface area contributed by atoms with Crippen LogP contribution in [-0.4, -0.2) is 69.4 Å². The lowest BCUT2D eigenvalue weighted by Crippen LogP contribution is -2.47. The second-order valence-electron chi connectivity index (χ2n) is 20.1. The summed E-state index contributed by atoms with van der Waals surface area (Å²) < 4.78 is 30.2. The third-order valence-corrected chi connectivity index (χ3v) is 13.0. The van der Waals surface area contributed by atoms with Crippen molar-refractivity contribution >= 4 is 19.7 Å². The van der Waals surface area contributed by atoms with Crippen LogP contribution in [0.2, 0.25) is 0 Å². The minimum atomic E-state index is -4.71. The number of hydrogen-bond acceptors (Lipinski definition) is 7. The largest absolute Gasteiger partial charge is 0.756 e. The number of allylic oxidation sites excluding steroid dienone is 13. The van der Waals surface area contributed by atoms with Crippen LogP contribution in [-0.2, 0) is 27.9 Å². The third-order valence-electron chi connectivity index (χ3n) is 12.1. The van der Waals surface area contributed by atoms with Crippen LogP contribution >= 0.6 is 7.82 Å². The predicted molar refractivity (Wildman–Crippen MR) is 298 cm³/mol. The Kier molecular flexibility index (Phi) is 47.8. The van der Waals surface area contributed by atoms with Gasteiger partial charge >= 0.3 is 5.97 Å². The Morgan fingerprint density at radius 1 is 0.514 bits per heavy atom. The zero-order chi connectivity index (χ0) is 51.5. The summed E-state index contributed by atoms with van der Waals surface area (Å²) >= 11 is 0.